The molecule has 0 fully saturated rings. The smallest absolute Gasteiger partial charge is 0.135 e. The molecule has 0 spiro atoms. The van der Waals surface area contributed by atoms with E-state index >= 15 is 0 Å². The van der Waals surface area contributed by atoms with Gasteiger partial charge in [0, 0.05) is 13.5 Å². The molecule has 0 aliphatic rings. The second-order valence-corrected chi connectivity index (χ2v) is 3.94. The molecule has 0 bridgehead atoms. The number of aryl methyl sites for hydroxylation is 1. The largest absolute Gasteiger partial charge is 0.486 e. The molecule has 1 heterocycles. The molecule has 0 aliphatic heterocycles. The first-order valence-corrected chi connectivity index (χ1v) is 5.96. The fraction of sp³-hybridized carbons (Fsp3) is 0.286. The van der Waals surface area contributed by atoms with E-state index in [2.05, 4.69) is 22.2 Å². The molecule has 5 heteroatoms. The average Bonchev–Trinajstić information content (AvgIpc) is 2.84. The fourth-order valence-electron chi connectivity index (χ4n) is 1.52. The number of aliphatic hydroxyl groups excluding tert-OH is 1. The number of benzene rings is 1. The number of ether oxygens (including phenoxy) is 1. The fourth-order valence-corrected chi connectivity index (χ4v) is 1.52. The summed E-state index contributed by atoms with van der Waals surface area (Å²) < 4.78 is 7.32. The van der Waals surface area contributed by atoms with Gasteiger partial charge in [-0.2, -0.15) is 0 Å². The Balaban J connectivity index is 2.06. The Hall–Kier alpha value is -2.32. The second kappa shape index (κ2) is 6.57. The van der Waals surface area contributed by atoms with Gasteiger partial charge in [-0.05, 0) is 12.1 Å². The molecule has 1 aromatic carbocycles. The summed E-state index contributed by atoms with van der Waals surface area (Å²) in [6, 6.07) is 7.54. The Kier molecular flexibility index (Phi) is 4.54. The van der Waals surface area contributed by atoms with E-state index in [-0.39, 0.29) is 6.61 Å². The van der Waals surface area contributed by atoms with Gasteiger partial charge in [0.1, 0.15) is 18.1 Å². The summed E-state index contributed by atoms with van der Waals surface area (Å²) in [4.78, 5) is 0. The lowest BCUT2D eigenvalue weighted by atomic mass is 10.2. The molecule has 1 N–H and O–H groups in total. The Morgan fingerprint density at radius 1 is 1.37 bits per heavy atom. The zero-order valence-corrected chi connectivity index (χ0v) is 10.7. The van der Waals surface area contributed by atoms with Gasteiger partial charge in [-0.25, -0.2) is 0 Å². The SMILES string of the molecule is Cn1cc(COc2ccccc2C#CCCO)nn1. The Morgan fingerprint density at radius 2 is 2.21 bits per heavy atom. The number of hydrogen-bond acceptors (Lipinski definition) is 4. The normalized spacial score (nSPS) is 9.79. The van der Waals surface area contributed by atoms with Gasteiger partial charge in [-0.1, -0.05) is 29.2 Å². The lowest BCUT2D eigenvalue weighted by Gasteiger charge is -2.05. The van der Waals surface area contributed by atoms with Crippen LogP contribution in [0.15, 0.2) is 30.5 Å². The van der Waals surface area contributed by atoms with E-state index in [1.807, 2.05) is 31.3 Å². The summed E-state index contributed by atoms with van der Waals surface area (Å²) in [6.45, 7) is 0.419. The van der Waals surface area contributed by atoms with E-state index in [4.69, 9.17) is 9.84 Å². The van der Waals surface area contributed by atoms with Crippen LogP contribution < -0.4 is 4.74 Å². The third-order valence-electron chi connectivity index (χ3n) is 2.37. The van der Waals surface area contributed by atoms with Crippen LogP contribution in [0.4, 0.5) is 0 Å². The molecule has 0 atom stereocenters. The number of rotatable bonds is 4. The van der Waals surface area contributed by atoms with Crippen LogP contribution in [0.2, 0.25) is 0 Å². The maximum Gasteiger partial charge on any atom is 0.135 e. The van der Waals surface area contributed by atoms with Gasteiger partial charge in [-0.3, -0.25) is 4.68 Å². The molecule has 19 heavy (non-hydrogen) atoms. The first-order valence-electron chi connectivity index (χ1n) is 5.96. The Morgan fingerprint density at radius 3 is 2.95 bits per heavy atom. The van der Waals surface area contributed by atoms with E-state index in [9.17, 15) is 0 Å². The zero-order chi connectivity index (χ0) is 13.5. The Bertz CT molecular complexity index is 596. The maximum absolute atomic E-state index is 8.72. The van der Waals surface area contributed by atoms with Crippen molar-refractivity contribution in [2.45, 2.75) is 13.0 Å². The van der Waals surface area contributed by atoms with Crippen LogP contribution in [-0.4, -0.2) is 26.7 Å². The van der Waals surface area contributed by atoms with Crippen LogP contribution in [-0.2, 0) is 13.7 Å². The predicted octanol–water partition coefficient (Wildman–Crippen LogP) is 1.13. The van der Waals surface area contributed by atoms with Gasteiger partial charge in [0.05, 0.1) is 18.4 Å². The van der Waals surface area contributed by atoms with Crippen molar-refractivity contribution in [2.24, 2.45) is 7.05 Å². The number of para-hydroxylation sites is 1. The van der Waals surface area contributed by atoms with E-state index in [0.717, 1.165) is 11.3 Å². The van der Waals surface area contributed by atoms with Gasteiger partial charge in [0.15, 0.2) is 0 Å². The van der Waals surface area contributed by atoms with Gasteiger partial charge in [-0.15, -0.1) is 5.10 Å². The molecule has 2 aromatic rings. The molecule has 1 aromatic heterocycles. The first kappa shape index (κ1) is 13.1. The van der Waals surface area contributed by atoms with Gasteiger partial charge < -0.3 is 9.84 Å². The van der Waals surface area contributed by atoms with Gasteiger partial charge in [0.2, 0.25) is 0 Å². The zero-order valence-electron chi connectivity index (χ0n) is 10.7. The standard InChI is InChI=1S/C14H15N3O2/c1-17-10-13(15-16-17)11-19-14-8-3-2-6-12(14)7-4-5-9-18/h2-3,6,8,10,18H,5,9,11H2,1H3. The minimum absolute atomic E-state index is 0.0651. The molecule has 0 saturated heterocycles. The molecule has 0 saturated carbocycles. The van der Waals surface area contributed by atoms with Crippen molar-refractivity contribution >= 4 is 0 Å². The van der Waals surface area contributed by atoms with Crippen molar-refractivity contribution in [1.82, 2.24) is 15.0 Å². The van der Waals surface area contributed by atoms with Crippen molar-refractivity contribution in [3.05, 3.63) is 41.7 Å². The highest BCUT2D eigenvalue weighted by atomic mass is 16.5. The maximum atomic E-state index is 8.72. The summed E-state index contributed by atoms with van der Waals surface area (Å²) in [6.07, 6.45) is 2.26. The monoisotopic (exact) mass is 257 g/mol. The molecule has 2 rings (SSSR count). The average molecular weight is 257 g/mol. The predicted molar refractivity (Wildman–Crippen MR) is 70.4 cm³/mol. The van der Waals surface area contributed by atoms with Crippen molar-refractivity contribution in [2.75, 3.05) is 6.61 Å². The van der Waals surface area contributed by atoms with Crippen molar-refractivity contribution < 1.29 is 9.84 Å². The van der Waals surface area contributed by atoms with Crippen molar-refractivity contribution in [3.8, 4) is 17.6 Å². The van der Waals surface area contributed by atoms with E-state index in [0.29, 0.717) is 18.8 Å². The summed E-state index contributed by atoms with van der Waals surface area (Å²) in [5.74, 6) is 6.57. The highest BCUT2D eigenvalue weighted by molar-refractivity contribution is 5.45. The van der Waals surface area contributed by atoms with E-state index in [1.165, 1.54) is 0 Å². The summed E-state index contributed by atoms with van der Waals surface area (Å²) >= 11 is 0. The third kappa shape index (κ3) is 3.83. The quantitative estimate of drug-likeness (QED) is 0.834. The van der Waals surface area contributed by atoms with Crippen LogP contribution in [0.5, 0.6) is 5.75 Å². The minimum Gasteiger partial charge on any atom is -0.486 e. The van der Waals surface area contributed by atoms with Crippen molar-refractivity contribution in [1.29, 1.82) is 0 Å². The van der Waals surface area contributed by atoms with Crippen LogP contribution in [0, 0.1) is 11.8 Å². The summed E-state index contributed by atoms with van der Waals surface area (Å²) in [5.41, 5.74) is 1.57. The minimum atomic E-state index is 0.0651. The molecular formula is C14H15N3O2. The molecule has 0 unspecified atom stereocenters. The van der Waals surface area contributed by atoms with Gasteiger partial charge >= 0.3 is 0 Å². The molecule has 0 aliphatic carbocycles. The highest BCUT2D eigenvalue weighted by Gasteiger charge is 2.03. The van der Waals surface area contributed by atoms with E-state index < -0.39 is 0 Å². The lowest BCUT2D eigenvalue weighted by Crippen LogP contribution is -1.97. The molecular weight excluding hydrogens is 242 g/mol. The first-order chi connectivity index (χ1) is 9.29. The van der Waals surface area contributed by atoms with Crippen LogP contribution in [0.1, 0.15) is 17.7 Å². The van der Waals surface area contributed by atoms with E-state index in [1.54, 1.807) is 10.9 Å². The molecule has 0 amide bonds. The number of hydrogen-bond donors (Lipinski definition) is 1. The molecule has 0 radical (unpaired) electrons. The third-order valence-corrected chi connectivity index (χ3v) is 2.37. The van der Waals surface area contributed by atoms with Crippen LogP contribution >= 0.6 is 0 Å². The number of nitrogens with zero attached hydrogens (tertiary/aromatic N) is 3. The van der Waals surface area contributed by atoms with Gasteiger partial charge in [0.25, 0.3) is 0 Å². The van der Waals surface area contributed by atoms with Crippen LogP contribution in [0.3, 0.4) is 0 Å². The van der Waals surface area contributed by atoms with Crippen LogP contribution in [0.25, 0.3) is 0 Å². The number of aliphatic hydroxyl groups is 1. The number of aromatic nitrogens is 3. The highest BCUT2D eigenvalue weighted by Crippen LogP contribution is 2.17. The molecule has 98 valence electrons. The van der Waals surface area contributed by atoms with Crippen molar-refractivity contribution in [3.63, 3.8) is 0 Å². The second-order valence-electron chi connectivity index (χ2n) is 3.94. The lowest BCUT2D eigenvalue weighted by molar-refractivity contribution is 0.300. The summed E-state index contributed by atoms with van der Waals surface area (Å²) in [5, 5.41) is 16.5. The molecule has 5 nitrogen and oxygen atoms in total. The summed E-state index contributed by atoms with van der Waals surface area (Å²) in [7, 11) is 1.81. The Labute approximate surface area is 111 Å². The topological polar surface area (TPSA) is 60.2 Å².